The van der Waals surface area contributed by atoms with Crippen LogP contribution in [-0.4, -0.2) is 66.4 Å². The smallest absolute Gasteiger partial charge is 0.191 e. The maximum atomic E-state index is 11.5. The van der Waals surface area contributed by atoms with Gasteiger partial charge in [-0.05, 0) is 44.3 Å². The number of aliphatic imine (C=N–C) groups is 1. The van der Waals surface area contributed by atoms with Gasteiger partial charge in [0.25, 0.3) is 0 Å². The normalized spacial score (nSPS) is 12.1. The van der Waals surface area contributed by atoms with E-state index in [-0.39, 0.29) is 0 Å². The highest BCUT2D eigenvalue weighted by molar-refractivity contribution is 7.90. The molecule has 0 bridgehead atoms. The first-order chi connectivity index (χ1) is 14.3. The number of likely N-dealkylation sites (N-methyl/N-ethyl adjacent to an activating group) is 1. The first kappa shape index (κ1) is 23.7. The molecule has 0 unspecified atom stereocenters. The molecule has 0 heterocycles. The van der Waals surface area contributed by atoms with E-state index in [2.05, 4.69) is 20.5 Å². The lowest BCUT2D eigenvalue weighted by molar-refractivity contribution is 0.259. The third-order valence-corrected chi connectivity index (χ3v) is 5.62. The third-order valence-electron chi connectivity index (χ3n) is 4.50. The lowest BCUT2D eigenvalue weighted by atomic mass is 10.1. The third kappa shape index (κ3) is 8.04. The van der Waals surface area contributed by atoms with E-state index in [1.807, 2.05) is 50.5 Å². The van der Waals surface area contributed by atoms with E-state index in [0.29, 0.717) is 30.6 Å². The van der Waals surface area contributed by atoms with Crippen molar-refractivity contribution in [2.45, 2.75) is 17.9 Å². The summed E-state index contributed by atoms with van der Waals surface area (Å²) in [5.74, 6) is 1.57. The van der Waals surface area contributed by atoms with Gasteiger partial charge in [0.2, 0.25) is 0 Å². The molecule has 8 heteroatoms. The van der Waals surface area contributed by atoms with Crippen molar-refractivity contribution in [2.75, 3.05) is 47.1 Å². The molecule has 7 nitrogen and oxygen atoms in total. The quantitative estimate of drug-likeness (QED) is 0.441. The predicted octanol–water partition coefficient (Wildman–Crippen LogP) is 1.94. The van der Waals surface area contributed by atoms with Crippen LogP contribution >= 0.6 is 0 Å². The van der Waals surface area contributed by atoms with Crippen LogP contribution in [0.3, 0.4) is 0 Å². The Morgan fingerprint density at radius 1 is 1.07 bits per heavy atom. The van der Waals surface area contributed by atoms with Gasteiger partial charge in [0, 0.05) is 38.5 Å². The van der Waals surface area contributed by atoms with Crippen molar-refractivity contribution in [1.29, 1.82) is 0 Å². The van der Waals surface area contributed by atoms with Gasteiger partial charge in [0.15, 0.2) is 15.8 Å². The van der Waals surface area contributed by atoms with Crippen LogP contribution in [0.2, 0.25) is 0 Å². The van der Waals surface area contributed by atoms with Crippen molar-refractivity contribution in [3.63, 3.8) is 0 Å². The second-order valence-corrected chi connectivity index (χ2v) is 9.29. The summed E-state index contributed by atoms with van der Waals surface area (Å²) < 4.78 is 29.0. The van der Waals surface area contributed by atoms with Gasteiger partial charge in [-0.15, -0.1) is 0 Å². The minimum absolute atomic E-state index is 0.336. The van der Waals surface area contributed by atoms with E-state index in [9.17, 15) is 8.42 Å². The van der Waals surface area contributed by atoms with E-state index >= 15 is 0 Å². The number of para-hydroxylation sites is 1. The Kier molecular flexibility index (Phi) is 9.14. The van der Waals surface area contributed by atoms with E-state index in [1.54, 1.807) is 19.2 Å². The summed E-state index contributed by atoms with van der Waals surface area (Å²) in [5.41, 5.74) is 2.13. The molecular formula is C22H32N4O3S. The van der Waals surface area contributed by atoms with Crippen LogP contribution in [-0.2, 0) is 22.8 Å². The molecule has 2 rings (SSSR count). The molecule has 2 aromatic carbocycles. The highest BCUT2D eigenvalue weighted by Crippen LogP contribution is 2.17. The zero-order valence-corrected chi connectivity index (χ0v) is 19.0. The van der Waals surface area contributed by atoms with E-state index in [0.717, 1.165) is 29.8 Å². The highest BCUT2D eigenvalue weighted by atomic mass is 32.2. The summed E-state index contributed by atoms with van der Waals surface area (Å²) in [4.78, 5) is 6.68. The molecule has 2 N–H and O–H groups in total. The molecule has 164 valence electrons. The minimum Gasteiger partial charge on any atom is -0.492 e. The number of rotatable bonds is 10. The maximum absolute atomic E-state index is 11.5. The lowest BCUT2D eigenvalue weighted by Gasteiger charge is -2.16. The molecule has 0 aliphatic rings. The Balaban J connectivity index is 1.83. The van der Waals surface area contributed by atoms with E-state index in [4.69, 9.17) is 4.74 Å². The zero-order valence-electron chi connectivity index (χ0n) is 18.2. The summed E-state index contributed by atoms with van der Waals surface area (Å²) in [6, 6.07) is 14.9. The molecule has 0 radical (unpaired) electrons. The van der Waals surface area contributed by atoms with Crippen molar-refractivity contribution in [3.8, 4) is 5.75 Å². The van der Waals surface area contributed by atoms with Crippen molar-refractivity contribution in [3.05, 3.63) is 59.7 Å². The second kappa shape index (κ2) is 11.6. The van der Waals surface area contributed by atoms with Gasteiger partial charge >= 0.3 is 0 Å². The van der Waals surface area contributed by atoms with Crippen LogP contribution < -0.4 is 15.4 Å². The monoisotopic (exact) mass is 432 g/mol. The Bertz CT molecular complexity index is 926. The van der Waals surface area contributed by atoms with Gasteiger partial charge in [-0.2, -0.15) is 0 Å². The summed E-state index contributed by atoms with van der Waals surface area (Å²) in [6.45, 7) is 2.77. The molecule has 2 aromatic rings. The number of ether oxygens (including phenoxy) is 1. The standard InChI is InChI=1S/C22H32N4O3S/c1-23-22(24-14-13-18-9-11-20(12-10-18)30(4,27)28)25-17-19-7-5-6-8-21(19)29-16-15-26(2)3/h5-12H,13-17H2,1-4H3,(H2,23,24,25). The van der Waals surface area contributed by atoms with Gasteiger partial charge in [0.1, 0.15) is 12.4 Å². The van der Waals surface area contributed by atoms with E-state index in [1.165, 1.54) is 6.26 Å². The predicted molar refractivity (Wildman–Crippen MR) is 122 cm³/mol. The molecule has 0 spiro atoms. The van der Waals surface area contributed by atoms with Crippen LogP contribution in [0.4, 0.5) is 0 Å². The number of sulfone groups is 1. The second-order valence-electron chi connectivity index (χ2n) is 7.28. The molecule has 0 aliphatic heterocycles. The molecular weight excluding hydrogens is 400 g/mol. The van der Waals surface area contributed by atoms with Gasteiger partial charge < -0.3 is 20.3 Å². The molecule has 0 aromatic heterocycles. The zero-order chi connectivity index (χ0) is 22.0. The van der Waals surface area contributed by atoms with Gasteiger partial charge in [-0.1, -0.05) is 30.3 Å². The molecule has 0 amide bonds. The molecule has 0 atom stereocenters. The van der Waals surface area contributed by atoms with E-state index < -0.39 is 9.84 Å². The van der Waals surface area contributed by atoms with Crippen molar-refractivity contribution >= 4 is 15.8 Å². The van der Waals surface area contributed by atoms with Crippen molar-refractivity contribution in [1.82, 2.24) is 15.5 Å². The minimum atomic E-state index is -3.16. The largest absolute Gasteiger partial charge is 0.492 e. The topological polar surface area (TPSA) is 83.0 Å². The van der Waals surface area contributed by atoms with Gasteiger partial charge in [0.05, 0.1) is 4.90 Å². The van der Waals surface area contributed by atoms with Crippen LogP contribution in [0.25, 0.3) is 0 Å². The fourth-order valence-corrected chi connectivity index (χ4v) is 3.39. The Hall–Kier alpha value is -2.58. The number of nitrogens with zero attached hydrogens (tertiary/aromatic N) is 2. The molecule has 0 saturated heterocycles. The van der Waals surface area contributed by atoms with Crippen LogP contribution in [0.1, 0.15) is 11.1 Å². The van der Waals surface area contributed by atoms with Crippen molar-refractivity contribution < 1.29 is 13.2 Å². The number of guanidine groups is 1. The highest BCUT2D eigenvalue weighted by Gasteiger charge is 2.07. The first-order valence-corrected chi connectivity index (χ1v) is 11.8. The molecule has 0 saturated carbocycles. The number of benzene rings is 2. The number of hydrogen-bond acceptors (Lipinski definition) is 5. The Morgan fingerprint density at radius 2 is 1.77 bits per heavy atom. The summed E-state index contributed by atoms with van der Waals surface area (Å²) >= 11 is 0. The molecule has 30 heavy (non-hydrogen) atoms. The maximum Gasteiger partial charge on any atom is 0.191 e. The van der Waals surface area contributed by atoms with Gasteiger partial charge in [-0.3, -0.25) is 4.99 Å². The fourth-order valence-electron chi connectivity index (χ4n) is 2.76. The average molecular weight is 433 g/mol. The average Bonchev–Trinajstić information content (AvgIpc) is 2.71. The van der Waals surface area contributed by atoms with Crippen LogP contribution in [0.15, 0.2) is 58.4 Å². The number of nitrogens with one attached hydrogen (secondary N) is 2. The summed E-state index contributed by atoms with van der Waals surface area (Å²) in [6.07, 6.45) is 1.97. The molecule has 0 fully saturated rings. The summed E-state index contributed by atoms with van der Waals surface area (Å²) in [7, 11) is 2.61. The van der Waals surface area contributed by atoms with Crippen LogP contribution in [0, 0.1) is 0 Å². The van der Waals surface area contributed by atoms with Gasteiger partial charge in [-0.25, -0.2) is 8.42 Å². The SMILES string of the molecule is CN=C(NCCc1ccc(S(C)(=O)=O)cc1)NCc1ccccc1OCCN(C)C. The van der Waals surface area contributed by atoms with Crippen molar-refractivity contribution in [2.24, 2.45) is 4.99 Å². The Labute approximate surface area is 180 Å². The fraction of sp³-hybridized carbons (Fsp3) is 0.409. The summed E-state index contributed by atoms with van der Waals surface area (Å²) in [5, 5.41) is 6.59. The van der Waals surface area contributed by atoms with Crippen LogP contribution in [0.5, 0.6) is 5.75 Å². The Morgan fingerprint density at radius 3 is 2.40 bits per heavy atom. The lowest BCUT2D eigenvalue weighted by Crippen LogP contribution is -2.38. The first-order valence-electron chi connectivity index (χ1n) is 9.88. The molecule has 0 aliphatic carbocycles. The number of hydrogen-bond donors (Lipinski definition) is 2.